The quantitative estimate of drug-likeness (QED) is 0.687. The molecule has 0 bridgehead atoms. The average molecular weight is 431 g/mol. The number of benzene rings is 2. The largest absolute Gasteiger partial charge is 0.326 e. The van der Waals surface area contributed by atoms with E-state index < -0.39 is 10.0 Å². The zero-order valence-electron chi connectivity index (χ0n) is 16.8. The highest BCUT2D eigenvalue weighted by Gasteiger charge is 2.31. The van der Waals surface area contributed by atoms with E-state index in [0.717, 1.165) is 11.3 Å². The van der Waals surface area contributed by atoms with Gasteiger partial charge in [0.2, 0.25) is 15.9 Å². The molecule has 0 atom stereocenters. The first-order valence-electron chi connectivity index (χ1n) is 9.77. The molecule has 0 saturated carbocycles. The highest BCUT2D eigenvalue weighted by Crippen LogP contribution is 2.31. The Kier molecular flexibility index (Phi) is 5.33. The van der Waals surface area contributed by atoms with Crippen LogP contribution in [0.3, 0.4) is 0 Å². The van der Waals surface area contributed by atoms with Crippen LogP contribution in [0.25, 0.3) is 11.0 Å². The Bertz CT molecular complexity index is 1200. The second-order valence-corrected chi connectivity index (χ2v) is 9.44. The van der Waals surface area contributed by atoms with Crippen molar-refractivity contribution in [2.24, 2.45) is 0 Å². The molecule has 7 nitrogen and oxygen atoms in total. The van der Waals surface area contributed by atoms with Gasteiger partial charge in [-0.3, -0.25) is 4.79 Å². The maximum atomic E-state index is 13.5. The van der Waals surface area contributed by atoms with Crippen molar-refractivity contribution in [3.63, 3.8) is 0 Å². The molecule has 1 fully saturated rings. The maximum Gasteiger partial charge on any atom is 0.243 e. The summed E-state index contributed by atoms with van der Waals surface area (Å²) in [7, 11) is -3.61. The summed E-state index contributed by atoms with van der Waals surface area (Å²) in [4.78, 5) is 15.8. The number of hydrogen-bond acceptors (Lipinski definition) is 4. The van der Waals surface area contributed by atoms with E-state index in [4.69, 9.17) is 0 Å². The molecule has 2 heterocycles. The third kappa shape index (κ3) is 3.82. The van der Waals surface area contributed by atoms with Crippen LogP contribution >= 0.6 is 0 Å². The third-order valence-corrected chi connectivity index (χ3v) is 7.34. The van der Waals surface area contributed by atoms with Gasteiger partial charge in [0.15, 0.2) is 0 Å². The van der Waals surface area contributed by atoms with Gasteiger partial charge in [0.05, 0.1) is 15.9 Å². The molecule has 158 valence electrons. The second-order valence-electron chi connectivity index (χ2n) is 7.50. The lowest BCUT2D eigenvalue weighted by atomic mass is 10.1. The lowest BCUT2D eigenvalue weighted by Gasteiger charge is -2.32. The van der Waals surface area contributed by atoms with Gasteiger partial charge < -0.3 is 9.88 Å². The Labute approximate surface area is 174 Å². The number of nitrogens with zero attached hydrogens (tertiary/aromatic N) is 3. The van der Waals surface area contributed by atoms with Crippen molar-refractivity contribution >= 4 is 32.7 Å². The maximum absolute atomic E-state index is 13.5. The van der Waals surface area contributed by atoms with Crippen LogP contribution in [-0.4, -0.2) is 41.3 Å². The SMILES string of the molecule is CC(=O)Nc1ccc(S(=O)(=O)N2CCC(n3c(C)nc4cc(F)ccc43)CC2)cc1. The first-order chi connectivity index (χ1) is 14.3. The summed E-state index contributed by atoms with van der Waals surface area (Å²) >= 11 is 0. The van der Waals surface area contributed by atoms with Crippen molar-refractivity contribution in [3.05, 3.63) is 54.1 Å². The summed E-state index contributed by atoms with van der Waals surface area (Å²) in [6, 6.07) is 10.9. The molecule has 9 heteroatoms. The minimum absolute atomic E-state index is 0.106. The molecule has 1 N–H and O–H groups in total. The van der Waals surface area contributed by atoms with Crippen molar-refractivity contribution in [1.29, 1.82) is 0 Å². The molecule has 1 aliphatic heterocycles. The van der Waals surface area contributed by atoms with Crippen LogP contribution in [0.4, 0.5) is 10.1 Å². The summed E-state index contributed by atoms with van der Waals surface area (Å²) in [6.07, 6.45) is 1.29. The van der Waals surface area contributed by atoms with Crippen LogP contribution in [0.2, 0.25) is 0 Å². The van der Waals surface area contributed by atoms with E-state index in [0.29, 0.717) is 37.1 Å². The van der Waals surface area contributed by atoms with Gasteiger partial charge in [-0.25, -0.2) is 17.8 Å². The molecule has 0 radical (unpaired) electrons. The van der Waals surface area contributed by atoms with Crippen molar-refractivity contribution in [2.75, 3.05) is 18.4 Å². The number of halogens is 1. The Balaban J connectivity index is 1.50. The number of fused-ring (bicyclic) bond motifs is 1. The Hall–Kier alpha value is -2.78. The number of hydrogen-bond donors (Lipinski definition) is 1. The predicted octanol–water partition coefficient (Wildman–Crippen LogP) is 3.47. The normalized spacial score (nSPS) is 16.1. The van der Waals surface area contributed by atoms with E-state index >= 15 is 0 Å². The van der Waals surface area contributed by atoms with Gasteiger partial charge in [0.25, 0.3) is 0 Å². The number of piperidine rings is 1. The molecule has 0 spiro atoms. The van der Waals surface area contributed by atoms with Crippen LogP contribution in [0.15, 0.2) is 47.4 Å². The van der Waals surface area contributed by atoms with Crippen LogP contribution in [0, 0.1) is 12.7 Å². The summed E-state index contributed by atoms with van der Waals surface area (Å²) in [5.41, 5.74) is 2.03. The van der Waals surface area contributed by atoms with Gasteiger partial charge in [-0.2, -0.15) is 4.31 Å². The minimum atomic E-state index is -3.61. The number of aryl methyl sites for hydroxylation is 1. The van der Waals surface area contributed by atoms with E-state index in [9.17, 15) is 17.6 Å². The molecule has 1 saturated heterocycles. The standard InChI is InChI=1S/C21H23FN4O3S/c1-14-23-20-13-16(22)3-8-21(20)26(14)18-9-11-25(12-10-18)30(28,29)19-6-4-17(5-7-19)24-15(2)27/h3-8,13,18H,9-12H2,1-2H3,(H,24,27). The Morgan fingerprint density at radius 2 is 1.80 bits per heavy atom. The highest BCUT2D eigenvalue weighted by atomic mass is 32.2. The fourth-order valence-corrected chi connectivity index (χ4v) is 5.53. The topological polar surface area (TPSA) is 84.3 Å². The Morgan fingerprint density at radius 1 is 1.13 bits per heavy atom. The minimum Gasteiger partial charge on any atom is -0.326 e. The molecule has 1 aromatic heterocycles. The van der Waals surface area contributed by atoms with Gasteiger partial charge in [-0.15, -0.1) is 0 Å². The number of sulfonamides is 1. The van der Waals surface area contributed by atoms with Gasteiger partial charge >= 0.3 is 0 Å². The number of aromatic nitrogens is 2. The molecule has 1 aliphatic rings. The van der Waals surface area contributed by atoms with Crippen molar-refractivity contribution in [3.8, 4) is 0 Å². The summed E-state index contributed by atoms with van der Waals surface area (Å²) < 4.78 is 43.1. The molecule has 30 heavy (non-hydrogen) atoms. The number of imidazole rings is 1. The van der Waals surface area contributed by atoms with E-state index in [1.54, 1.807) is 18.2 Å². The summed E-state index contributed by atoms with van der Waals surface area (Å²) in [5.74, 6) is 0.265. The van der Waals surface area contributed by atoms with Crippen LogP contribution < -0.4 is 5.32 Å². The molecular weight excluding hydrogens is 407 g/mol. The summed E-state index contributed by atoms with van der Waals surface area (Å²) in [6.45, 7) is 4.07. The van der Waals surface area contributed by atoms with Gasteiger partial charge in [-0.05, 0) is 56.2 Å². The van der Waals surface area contributed by atoms with Gasteiger partial charge in [-0.1, -0.05) is 0 Å². The van der Waals surface area contributed by atoms with E-state index in [1.807, 2.05) is 6.92 Å². The zero-order valence-corrected chi connectivity index (χ0v) is 17.6. The number of carbonyl (C=O) groups is 1. The van der Waals surface area contributed by atoms with Gasteiger partial charge in [0, 0.05) is 37.8 Å². The fourth-order valence-electron chi connectivity index (χ4n) is 4.06. The second kappa shape index (κ2) is 7.81. The van der Waals surface area contributed by atoms with E-state index in [1.165, 1.54) is 35.5 Å². The first-order valence-corrected chi connectivity index (χ1v) is 11.2. The van der Waals surface area contributed by atoms with E-state index in [-0.39, 0.29) is 22.7 Å². The first kappa shape index (κ1) is 20.5. The van der Waals surface area contributed by atoms with E-state index in [2.05, 4.69) is 14.9 Å². The molecule has 0 aliphatic carbocycles. The molecule has 0 unspecified atom stereocenters. The van der Waals surface area contributed by atoms with Gasteiger partial charge in [0.1, 0.15) is 11.6 Å². The lowest BCUT2D eigenvalue weighted by molar-refractivity contribution is -0.114. The highest BCUT2D eigenvalue weighted by molar-refractivity contribution is 7.89. The molecular formula is C21H23FN4O3S. The number of anilines is 1. The number of amides is 1. The molecule has 4 rings (SSSR count). The fraction of sp³-hybridized carbons (Fsp3) is 0.333. The third-order valence-electron chi connectivity index (χ3n) is 5.43. The zero-order chi connectivity index (χ0) is 21.5. The Morgan fingerprint density at radius 3 is 2.43 bits per heavy atom. The molecule has 3 aromatic rings. The number of carbonyl (C=O) groups excluding carboxylic acids is 1. The predicted molar refractivity (Wildman–Crippen MR) is 112 cm³/mol. The monoisotopic (exact) mass is 430 g/mol. The molecule has 1 amide bonds. The van der Waals surface area contributed by atoms with Crippen molar-refractivity contribution in [2.45, 2.75) is 37.6 Å². The van der Waals surface area contributed by atoms with Crippen LogP contribution in [0.5, 0.6) is 0 Å². The van der Waals surface area contributed by atoms with Crippen molar-refractivity contribution < 1.29 is 17.6 Å². The molecule has 2 aromatic carbocycles. The summed E-state index contributed by atoms with van der Waals surface area (Å²) in [5, 5.41) is 2.63. The smallest absolute Gasteiger partial charge is 0.243 e. The van der Waals surface area contributed by atoms with Crippen LogP contribution in [0.1, 0.15) is 31.6 Å². The van der Waals surface area contributed by atoms with Crippen LogP contribution in [-0.2, 0) is 14.8 Å². The number of nitrogens with one attached hydrogen (secondary N) is 1. The average Bonchev–Trinajstić information content (AvgIpc) is 3.02. The number of rotatable bonds is 4. The van der Waals surface area contributed by atoms with Crippen molar-refractivity contribution in [1.82, 2.24) is 13.9 Å². The lowest BCUT2D eigenvalue weighted by Crippen LogP contribution is -2.39.